The Labute approximate surface area is 130 Å². The van der Waals surface area contributed by atoms with Crippen molar-refractivity contribution < 1.29 is 9.66 Å². The summed E-state index contributed by atoms with van der Waals surface area (Å²) in [5.74, 6) is 0.458. The second-order valence-electron chi connectivity index (χ2n) is 4.23. The van der Waals surface area contributed by atoms with E-state index in [9.17, 15) is 10.1 Å². The Hall–Kier alpha value is -1.99. The summed E-state index contributed by atoms with van der Waals surface area (Å²) in [4.78, 5) is 14.7. The molecule has 0 saturated heterocycles. The van der Waals surface area contributed by atoms with Crippen molar-refractivity contribution in [2.45, 2.75) is 13.5 Å². The number of nitrogens with zero attached hydrogens (tertiary/aromatic N) is 2. The van der Waals surface area contributed by atoms with Gasteiger partial charge in [-0.15, -0.1) is 0 Å². The van der Waals surface area contributed by atoms with Crippen LogP contribution in [0.4, 0.5) is 5.69 Å². The van der Waals surface area contributed by atoms with Gasteiger partial charge in [-0.05, 0) is 34.1 Å². The molecule has 2 aromatic rings. The zero-order valence-corrected chi connectivity index (χ0v) is 13.0. The molecule has 7 heteroatoms. The van der Waals surface area contributed by atoms with Crippen molar-refractivity contribution in [2.24, 2.45) is 0 Å². The van der Waals surface area contributed by atoms with Crippen molar-refractivity contribution in [3.63, 3.8) is 0 Å². The summed E-state index contributed by atoms with van der Waals surface area (Å²) in [5, 5.41) is 14.2. The van der Waals surface area contributed by atoms with E-state index >= 15 is 0 Å². The van der Waals surface area contributed by atoms with E-state index < -0.39 is 4.92 Å². The maximum Gasteiger partial charge on any atom is 0.312 e. The summed E-state index contributed by atoms with van der Waals surface area (Å²) in [6.07, 6.45) is 1.68. The van der Waals surface area contributed by atoms with Crippen LogP contribution in [-0.4, -0.2) is 16.5 Å². The first-order chi connectivity index (χ1) is 10.1. The third-order valence-electron chi connectivity index (χ3n) is 2.73. The Morgan fingerprint density at radius 1 is 1.38 bits per heavy atom. The van der Waals surface area contributed by atoms with Crippen molar-refractivity contribution in [1.82, 2.24) is 10.3 Å². The minimum atomic E-state index is -0.486. The van der Waals surface area contributed by atoms with Gasteiger partial charge in [-0.1, -0.05) is 19.1 Å². The Bertz CT molecular complexity index is 632. The number of nitrogens with one attached hydrogen (secondary N) is 1. The van der Waals surface area contributed by atoms with Crippen LogP contribution in [0.25, 0.3) is 0 Å². The average Bonchev–Trinajstić information content (AvgIpc) is 2.48. The number of hydrogen-bond acceptors (Lipinski definition) is 5. The van der Waals surface area contributed by atoms with E-state index in [1.165, 1.54) is 6.07 Å². The molecule has 0 unspecified atom stereocenters. The van der Waals surface area contributed by atoms with Crippen LogP contribution in [0.3, 0.4) is 0 Å². The van der Waals surface area contributed by atoms with E-state index in [0.29, 0.717) is 10.4 Å². The topological polar surface area (TPSA) is 77.3 Å². The Morgan fingerprint density at radius 3 is 2.81 bits per heavy atom. The van der Waals surface area contributed by atoms with Crippen molar-refractivity contribution in [3.8, 4) is 11.6 Å². The van der Waals surface area contributed by atoms with E-state index in [2.05, 4.69) is 26.2 Å². The molecule has 1 aromatic heterocycles. The van der Waals surface area contributed by atoms with Gasteiger partial charge in [0.15, 0.2) is 0 Å². The number of para-hydroxylation sites is 1. The normalized spacial score (nSPS) is 10.4. The van der Waals surface area contributed by atoms with Gasteiger partial charge >= 0.3 is 5.69 Å². The van der Waals surface area contributed by atoms with Gasteiger partial charge < -0.3 is 10.1 Å². The van der Waals surface area contributed by atoms with E-state index in [1.54, 1.807) is 24.4 Å². The molecule has 21 heavy (non-hydrogen) atoms. The summed E-state index contributed by atoms with van der Waals surface area (Å²) >= 11 is 3.25. The molecule has 0 spiro atoms. The molecule has 0 fully saturated rings. The van der Waals surface area contributed by atoms with Crippen LogP contribution < -0.4 is 10.1 Å². The maximum absolute atomic E-state index is 11.0. The molecule has 0 aliphatic rings. The van der Waals surface area contributed by atoms with Gasteiger partial charge in [0.05, 0.1) is 9.40 Å². The summed E-state index contributed by atoms with van der Waals surface area (Å²) in [7, 11) is 0. The first-order valence-electron chi connectivity index (χ1n) is 6.38. The van der Waals surface area contributed by atoms with Gasteiger partial charge in [-0.3, -0.25) is 10.1 Å². The van der Waals surface area contributed by atoms with E-state index in [0.717, 1.165) is 18.7 Å². The standard InChI is InChI=1S/C14H14BrN3O3/c1-2-16-8-10-6-7-13(17-9-10)21-14-11(15)4-3-5-12(14)18(19)20/h3-7,9,16H,2,8H2,1H3. The summed E-state index contributed by atoms with van der Waals surface area (Å²) < 4.78 is 6.05. The van der Waals surface area contributed by atoms with Crippen molar-refractivity contribution in [2.75, 3.05) is 6.54 Å². The number of pyridine rings is 1. The monoisotopic (exact) mass is 351 g/mol. The third kappa shape index (κ3) is 3.99. The highest BCUT2D eigenvalue weighted by molar-refractivity contribution is 9.10. The predicted molar refractivity (Wildman–Crippen MR) is 82.5 cm³/mol. The maximum atomic E-state index is 11.0. The van der Waals surface area contributed by atoms with Gasteiger partial charge in [-0.2, -0.15) is 0 Å². The first kappa shape index (κ1) is 15.4. The number of hydrogen-bond donors (Lipinski definition) is 1. The molecular weight excluding hydrogens is 338 g/mol. The molecule has 0 saturated carbocycles. The SMILES string of the molecule is CCNCc1ccc(Oc2c(Br)cccc2[N+](=O)[O-])nc1. The first-order valence-corrected chi connectivity index (χ1v) is 7.17. The Balaban J connectivity index is 2.20. The van der Waals surface area contributed by atoms with Gasteiger partial charge in [-0.25, -0.2) is 4.98 Å². The van der Waals surface area contributed by atoms with Crippen LogP contribution in [0.15, 0.2) is 41.0 Å². The van der Waals surface area contributed by atoms with Crippen LogP contribution in [0.2, 0.25) is 0 Å². The molecule has 0 radical (unpaired) electrons. The highest BCUT2D eigenvalue weighted by Gasteiger charge is 2.19. The molecule has 6 nitrogen and oxygen atoms in total. The molecule has 1 aromatic carbocycles. The van der Waals surface area contributed by atoms with Crippen molar-refractivity contribution in [3.05, 3.63) is 56.7 Å². The Kier molecular flexibility index (Phi) is 5.24. The summed E-state index contributed by atoms with van der Waals surface area (Å²) in [6, 6.07) is 8.22. The molecule has 0 aliphatic carbocycles. The molecule has 110 valence electrons. The fraction of sp³-hybridized carbons (Fsp3) is 0.214. The smallest absolute Gasteiger partial charge is 0.312 e. The lowest BCUT2D eigenvalue weighted by molar-refractivity contribution is -0.385. The van der Waals surface area contributed by atoms with E-state index in [4.69, 9.17) is 4.74 Å². The molecule has 0 bridgehead atoms. The zero-order valence-electron chi connectivity index (χ0n) is 11.4. The van der Waals surface area contributed by atoms with E-state index in [-0.39, 0.29) is 11.4 Å². The second kappa shape index (κ2) is 7.14. The van der Waals surface area contributed by atoms with Gasteiger partial charge in [0.2, 0.25) is 11.6 Å². The van der Waals surface area contributed by atoms with E-state index in [1.807, 2.05) is 13.0 Å². The number of aromatic nitrogens is 1. The molecule has 0 aliphatic heterocycles. The van der Waals surface area contributed by atoms with Crippen molar-refractivity contribution in [1.29, 1.82) is 0 Å². The highest BCUT2D eigenvalue weighted by atomic mass is 79.9. The lowest BCUT2D eigenvalue weighted by atomic mass is 10.3. The third-order valence-corrected chi connectivity index (χ3v) is 3.35. The molecular formula is C14H14BrN3O3. The predicted octanol–water partition coefficient (Wildman–Crippen LogP) is 3.65. The van der Waals surface area contributed by atoms with Crippen LogP contribution in [0.1, 0.15) is 12.5 Å². The number of ether oxygens (including phenoxy) is 1. The molecule has 0 atom stereocenters. The van der Waals surface area contributed by atoms with Gasteiger partial charge in [0.25, 0.3) is 0 Å². The van der Waals surface area contributed by atoms with Gasteiger partial charge in [0, 0.05) is 24.9 Å². The fourth-order valence-corrected chi connectivity index (χ4v) is 2.13. The highest BCUT2D eigenvalue weighted by Crippen LogP contribution is 2.37. The van der Waals surface area contributed by atoms with Crippen LogP contribution in [0, 0.1) is 10.1 Å². The largest absolute Gasteiger partial charge is 0.431 e. The second-order valence-corrected chi connectivity index (χ2v) is 5.09. The number of rotatable bonds is 6. The summed E-state index contributed by atoms with van der Waals surface area (Å²) in [6.45, 7) is 3.62. The lowest BCUT2D eigenvalue weighted by Gasteiger charge is -2.08. The fourth-order valence-electron chi connectivity index (χ4n) is 1.69. The minimum Gasteiger partial charge on any atom is -0.431 e. The summed E-state index contributed by atoms with van der Waals surface area (Å²) in [5.41, 5.74) is 0.911. The van der Waals surface area contributed by atoms with Gasteiger partial charge in [0.1, 0.15) is 0 Å². The number of nitro groups is 1. The molecule has 1 N–H and O–H groups in total. The van der Waals surface area contributed by atoms with Crippen LogP contribution in [0.5, 0.6) is 11.6 Å². The number of benzene rings is 1. The average molecular weight is 352 g/mol. The minimum absolute atomic E-state index is 0.108. The van der Waals surface area contributed by atoms with Crippen LogP contribution >= 0.6 is 15.9 Å². The molecule has 1 heterocycles. The number of nitro benzene ring substituents is 1. The number of halogens is 1. The lowest BCUT2D eigenvalue weighted by Crippen LogP contribution is -2.11. The zero-order chi connectivity index (χ0) is 15.2. The van der Waals surface area contributed by atoms with Crippen molar-refractivity contribution >= 4 is 21.6 Å². The Morgan fingerprint density at radius 2 is 2.19 bits per heavy atom. The van der Waals surface area contributed by atoms with Crippen LogP contribution in [-0.2, 0) is 6.54 Å². The molecule has 2 rings (SSSR count). The quantitative estimate of drug-likeness (QED) is 0.634. The molecule has 0 amide bonds.